The maximum absolute atomic E-state index is 6.37. The lowest BCUT2D eigenvalue weighted by Crippen LogP contribution is -2.49. The van der Waals surface area contributed by atoms with Crippen LogP contribution in [0.25, 0.3) is 0 Å². The number of thiophene rings is 1. The van der Waals surface area contributed by atoms with Crippen molar-refractivity contribution < 1.29 is 4.74 Å². The topological polar surface area (TPSA) is 30.3 Å². The molecule has 4 nitrogen and oxygen atoms in total. The first-order valence-corrected chi connectivity index (χ1v) is 10.8. The van der Waals surface area contributed by atoms with Crippen LogP contribution in [0.2, 0.25) is 4.34 Å². The summed E-state index contributed by atoms with van der Waals surface area (Å²) in [6.07, 6.45) is 7.30. The van der Waals surface area contributed by atoms with Crippen molar-refractivity contribution in [1.82, 2.24) is 14.7 Å². The zero-order valence-electron chi connectivity index (χ0n) is 15.9. The van der Waals surface area contributed by atoms with E-state index in [9.17, 15) is 0 Å². The molecule has 2 aliphatic heterocycles. The van der Waals surface area contributed by atoms with Crippen LogP contribution < -0.4 is 0 Å². The largest absolute Gasteiger partial charge is 0.369 e. The number of hydrogen-bond donors (Lipinski definition) is 0. The van der Waals surface area contributed by atoms with Gasteiger partial charge in [-0.25, -0.2) is 0 Å². The summed E-state index contributed by atoms with van der Waals surface area (Å²) in [6, 6.07) is 2.62. The van der Waals surface area contributed by atoms with E-state index in [4.69, 9.17) is 16.3 Å². The molecule has 1 saturated heterocycles. The van der Waals surface area contributed by atoms with Crippen LogP contribution in [-0.2, 0) is 29.8 Å². The molecule has 0 unspecified atom stereocenters. The minimum absolute atomic E-state index is 0.122. The van der Waals surface area contributed by atoms with Crippen molar-refractivity contribution in [2.45, 2.75) is 64.8 Å². The lowest BCUT2D eigenvalue weighted by atomic mass is 9.82. The summed E-state index contributed by atoms with van der Waals surface area (Å²) in [5, 5.41) is 4.52. The molecule has 0 amide bonds. The summed E-state index contributed by atoms with van der Waals surface area (Å²) in [5.41, 5.74) is 2.59. The minimum atomic E-state index is -0.122. The van der Waals surface area contributed by atoms with E-state index in [2.05, 4.69) is 47.7 Å². The van der Waals surface area contributed by atoms with Gasteiger partial charge in [-0.3, -0.25) is 9.58 Å². The van der Waals surface area contributed by atoms with Gasteiger partial charge in [0.05, 0.1) is 17.1 Å². The number of nitrogens with zero attached hydrogens (tertiary/aromatic N) is 3. The molecule has 0 N–H and O–H groups in total. The summed E-state index contributed by atoms with van der Waals surface area (Å²) in [5.74, 6) is 0.617. The van der Waals surface area contributed by atoms with Crippen molar-refractivity contribution >= 4 is 22.9 Å². The second kappa shape index (κ2) is 7.27. The molecule has 26 heavy (non-hydrogen) atoms. The number of ether oxygens (including phenoxy) is 1. The first-order valence-electron chi connectivity index (χ1n) is 9.63. The zero-order chi connectivity index (χ0) is 18.3. The molecule has 2 aromatic heterocycles. The maximum atomic E-state index is 6.37. The molecule has 0 radical (unpaired) electrons. The molecule has 0 aliphatic carbocycles. The van der Waals surface area contributed by atoms with Gasteiger partial charge in [-0.05, 0) is 43.7 Å². The van der Waals surface area contributed by atoms with Gasteiger partial charge >= 0.3 is 0 Å². The van der Waals surface area contributed by atoms with Gasteiger partial charge < -0.3 is 4.74 Å². The highest BCUT2D eigenvalue weighted by Crippen LogP contribution is 2.48. The first kappa shape index (κ1) is 18.5. The number of fused-ring (bicyclic) bond motifs is 2. The van der Waals surface area contributed by atoms with E-state index in [0.717, 1.165) is 49.8 Å². The fourth-order valence-corrected chi connectivity index (χ4v) is 5.89. The Morgan fingerprint density at radius 1 is 1.46 bits per heavy atom. The molecule has 1 fully saturated rings. The van der Waals surface area contributed by atoms with Gasteiger partial charge in [0.15, 0.2) is 0 Å². The number of aromatic nitrogens is 2. The number of halogens is 1. The minimum Gasteiger partial charge on any atom is -0.369 e. The summed E-state index contributed by atoms with van der Waals surface area (Å²) >= 11 is 8.03. The van der Waals surface area contributed by atoms with E-state index < -0.39 is 0 Å². The third-order valence-electron chi connectivity index (χ3n) is 5.62. The van der Waals surface area contributed by atoms with E-state index in [0.29, 0.717) is 12.0 Å². The standard InChI is InChI=1S/C20H28ClN3OS/c1-14(2)11-24-13-16(10-22-24)12-23-6-5-20(9-15(23)3)19-17(4-7-25-20)8-18(21)26-19/h8,10,13-15H,4-7,9,11-12H2,1-3H3/t15-,20+/m0/s1. The molecular formula is C20H28ClN3OS. The van der Waals surface area contributed by atoms with Crippen molar-refractivity contribution in [3.63, 3.8) is 0 Å². The fourth-order valence-electron chi connectivity index (χ4n) is 4.41. The molecule has 6 heteroatoms. The monoisotopic (exact) mass is 393 g/mol. The van der Waals surface area contributed by atoms with Crippen molar-refractivity contribution in [2.24, 2.45) is 5.92 Å². The fraction of sp³-hybridized carbons (Fsp3) is 0.650. The highest BCUT2D eigenvalue weighted by molar-refractivity contribution is 7.16. The zero-order valence-corrected chi connectivity index (χ0v) is 17.4. The molecule has 0 saturated carbocycles. The predicted molar refractivity (Wildman–Crippen MR) is 107 cm³/mol. The van der Waals surface area contributed by atoms with E-state index >= 15 is 0 Å². The van der Waals surface area contributed by atoms with Crippen LogP contribution >= 0.6 is 22.9 Å². The van der Waals surface area contributed by atoms with Crippen molar-refractivity contribution in [3.05, 3.63) is 38.8 Å². The summed E-state index contributed by atoms with van der Waals surface area (Å²) < 4.78 is 9.34. The Kier molecular flexibility index (Phi) is 5.17. The predicted octanol–water partition coefficient (Wildman–Crippen LogP) is 4.71. The number of hydrogen-bond acceptors (Lipinski definition) is 4. The van der Waals surface area contributed by atoms with Gasteiger partial charge in [-0.1, -0.05) is 25.4 Å². The molecule has 4 rings (SSSR count). The molecule has 2 atom stereocenters. The average Bonchev–Trinajstić information content (AvgIpc) is 3.16. The Balaban J connectivity index is 1.45. The Morgan fingerprint density at radius 3 is 3.08 bits per heavy atom. The second-order valence-corrected chi connectivity index (χ2v) is 9.92. The van der Waals surface area contributed by atoms with Crippen LogP contribution in [0.5, 0.6) is 0 Å². The molecule has 0 aromatic carbocycles. The molecule has 2 aliphatic rings. The van der Waals surface area contributed by atoms with E-state index in [1.54, 1.807) is 11.3 Å². The normalized spacial score (nSPS) is 26.6. The van der Waals surface area contributed by atoms with Crippen LogP contribution in [0.4, 0.5) is 0 Å². The third-order valence-corrected chi connectivity index (χ3v) is 7.11. The summed E-state index contributed by atoms with van der Waals surface area (Å²) in [4.78, 5) is 3.94. The van der Waals surface area contributed by atoms with Crippen LogP contribution in [0.3, 0.4) is 0 Å². The van der Waals surface area contributed by atoms with Gasteiger partial charge in [0, 0.05) is 42.3 Å². The Labute approximate surface area is 165 Å². The highest BCUT2D eigenvalue weighted by atomic mass is 35.5. The van der Waals surface area contributed by atoms with E-state index in [-0.39, 0.29) is 5.60 Å². The number of likely N-dealkylation sites (tertiary alicyclic amines) is 1. The van der Waals surface area contributed by atoms with Crippen LogP contribution in [-0.4, -0.2) is 33.9 Å². The van der Waals surface area contributed by atoms with Gasteiger partial charge in [0.1, 0.15) is 5.60 Å². The summed E-state index contributed by atoms with van der Waals surface area (Å²) in [6.45, 7) is 10.6. The van der Waals surface area contributed by atoms with E-state index in [1.807, 2.05) is 6.20 Å². The first-order chi connectivity index (χ1) is 12.4. The Hall–Kier alpha value is -0.880. The van der Waals surface area contributed by atoms with Crippen LogP contribution in [0.1, 0.15) is 49.6 Å². The van der Waals surface area contributed by atoms with Crippen molar-refractivity contribution in [1.29, 1.82) is 0 Å². The molecule has 142 valence electrons. The average molecular weight is 394 g/mol. The SMILES string of the molecule is CC(C)Cn1cc(CN2CC[C@]3(C[C@@H]2C)OCCc2cc(Cl)sc23)cn1. The third kappa shape index (κ3) is 3.59. The highest BCUT2D eigenvalue weighted by Gasteiger charge is 2.44. The molecule has 1 spiro atoms. The number of rotatable bonds is 4. The maximum Gasteiger partial charge on any atom is 0.105 e. The summed E-state index contributed by atoms with van der Waals surface area (Å²) in [7, 11) is 0. The number of piperidine rings is 1. The molecule has 0 bridgehead atoms. The van der Waals surface area contributed by atoms with Crippen LogP contribution in [0, 0.1) is 5.92 Å². The Morgan fingerprint density at radius 2 is 2.31 bits per heavy atom. The van der Waals surface area contributed by atoms with Crippen molar-refractivity contribution in [3.8, 4) is 0 Å². The smallest absolute Gasteiger partial charge is 0.105 e. The van der Waals surface area contributed by atoms with Crippen LogP contribution in [0.15, 0.2) is 18.5 Å². The van der Waals surface area contributed by atoms with Crippen molar-refractivity contribution in [2.75, 3.05) is 13.2 Å². The van der Waals surface area contributed by atoms with Gasteiger partial charge in [0.25, 0.3) is 0 Å². The van der Waals surface area contributed by atoms with Gasteiger partial charge in [-0.15, -0.1) is 11.3 Å². The molecule has 4 heterocycles. The second-order valence-electron chi connectivity index (χ2n) is 8.24. The van der Waals surface area contributed by atoms with Gasteiger partial charge in [0.2, 0.25) is 0 Å². The Bertz CT molecular complexity index is 771. The lowest BCUT2D eigenvalue weighted by molar-refractivity contribution is -0.110. The van der Waals surface area contributed by atoms with E-state index in [1.165, 1.54) is 16.0 Å². The molecular weight excluding hydrogens is 366 g/mol. The van der Waals surface area contributed by atoms with Gasteiger partial charge in [-0.2, -0.15) is 5.10 Å². The quantitative estimate of drug-likeness (QED) is 0.753. The molecule has 2 aromatic rings. The lowest BCUT2D eigenvalue weighted by Gasteiger charge is -2.47.